The van der Waals surface area contributed by atoms with Crippen molar-refractivity contribution in [1.29, 1.82) is 0 Å². The van der Waals surface area contributed by atoms with Gasteiger partial charge in [-0.2, -0.15) is 5.10 Å². The number of hydrogen-bond acceptors (Lipinski definition) is 6. The first-order valence-electron chi connectivity index (χ1n) is 6.93. The van der Waals surface area contributed by atoms with Gasteiger partial charge in [0.25, 0.3) is 11.5 Å². The van der Waals surface area contributed by atoms with E-state index in [4.69, 9.17) is 9.47 Å². The Bertz CT molecular complexity index is 784. The molecule has 0 fully saturated rings. The molecule has 23 heavy (non-hydrogen) atoms. The molecule has 1 N–H and O–H groups in total. The van der Waals surface area contributed by atoms with Crippen LogP contribution in [0, 0.1) is 0 Å². The number of amides is 1. The highest BCUT2D eigenvalue weighted by Gasteiger charge is 2.17. The minimum Gasteiger partial charge on any atom is -0.451 e. The molecule has 122 valence electrons. The lowest BCUT2D eigenvalue weighted by molar-refractivity contribution is -0.124. The van der Waals surface area contributed by atoms with Crippen LogP contribution >= 0.6 is 0 Å². The second-order valence-electron chi connectivity index (χ2n) is 4.74. The van der Waals surface area contributed by atoms with Gasteiger partial charge in [-0.1, -0.05) is 18.2 Å². The quantitative estimate of drug-likeness (QED) is 0.587. The fourth-order valence-corrected chi connectivity index (χ4v) is 1.99. The third kappa shape index (κ3) is 3.92. The van der Waals surface area contributed by atoms with Gasteiger partial charge >= 0.3 is 5.97 Å². The number of methoxy groups -OCH3 is 1. The van der Waals surface area contributed by atoms with Crippen LogP contribution < -0.4 is 10.9 Å². The zero-order valence-electron chi connectivity index (χ0n) is 12.9. The zero-order chi connectivity index (χ0) is 16.8. The Morgan fingerprint density at radius 3 is 2.65 bits per heavy atom. The maximum absolute atomic E-state index is 12.2. The van der Waals surface area contributed by atoms with Gasteiger partial charge in [0.05, 0.1) is 12.0 Å². The van der Waals surface area contributed by atoms with Crippen molar-refractivity contribution >= 4 is 22.6 Å². The topological polar surface area (TPSA) is 99.5 Å². The molecule has 1 amide bonds. The van der Waals surface area contributed by atoms with Crippen LogP contribution in [0.2, 0.25) is 0 Å². The van der Waals surface area contributed by atoms with Crippen LogP contribution in [0.25, 0.3) is 10.8 Å². The van der Waals surface area contributed by atoms with Crippen molar-refractivity contribution in [2.75, 3.05) is 26.9 Å². The lowest BCUT2D eigenvalue weighted by Gasteiger charge is -2.08. The number of nitrogens with one attached hydrogen (secondary N) is 1. The Balaban J connectivity index is 2.14. The summed E-state index contributed by atoms with van der Waals surface area (Å²) in [4.78, 5) is 35.7. The van der Waals surface area contributed by atoms with Crippen LogP contribution in [0.3, 0.4) is 0 Å². The molecule has 0 unspecified atom stereocenters. The van der Waals surface area contributed by atoms with Crippen LogP contribution in [0.15, 0.2) is 29.1 Å². The molecule has 2 rings (SSSR count). The van der Waals surface area contributed by atoms with E-state index < -0.39 is 18.5 Å². The molecule has 0 saturated heterocycles. The van der Waals surface area contributed by atoms with E-state index in [-0.39, 0.29) is 11.3 Å². The van der Waals surface area contributed by atoms with Crippen molar-refractivity contribution in [2.24, 2.45) is 7.05 Å². The summed E-state index contributed by atoms with van der Waals surface area (Å²) < 4.78 is 10.8. The van der Waals surface area contributed by atoms with E-state index in [1.165, 1.54) is 14.2 Å². The number of aryl methyl sites for hydroxylation is 1. The first-order valence-corrected chi connectivity index (χ1v) is 6.93. The molecular formula is C15H17N3O5. The molecule has 8 nitrogen and oxygen atoms in total. The number of aromatic nitrogens is 2. The third-order valence-electron chi connectivity index (χ3n) is 3.11. The predicted octanol–water partition coefficient (Wildman–Crippen LogP) is -0.147. The zero-order valence-corrected chi connectivity index (χ0v) is 12.9. The van der Waals surface area contributed by atoms with Crippen molar-refractivity contribution in [3.05, 3.63) is 40.3 Å². The number of hydrogen-bond donors (Lipinski definition) is 1. The first kappa shape index (κ1) is 16.6. The molecule has 0 atom stereocenters. The average molecular weight is 319 g/mol. The van der Waals surface area contributed by atoms with Crippen LogP contribution in [-0.4, -0.2) is 48.5 Å². The predicted molar refractivity (Wildman–Crippen MR) is 82.2 cm³/mol. The maximum Gasteiger partial charge on any atom is 0.359 e. The first-order chi connectivity index (χ1) is 11.0. The molecule has 1 heterocycles. The molecule has 0 spiro atoms. The van der Waals surface area contributed by atoms with Gasteiger partial charge < -0.3 is 14.8 Å². The van der Waals surface area contributed by atoms with E-state index in [1.807, 2.05) is 0 Å². The highest BCUT2D eigenvalue weighted by molar-refractivity contribution is 6.02. The van der Waals surface area contributed by atoms with Gasteiger partial charge in [-0.15, -0.1) is 0 Å². The summed E-state index contributed by atoms with van der Waals surface area (Å²) in [6, 6.07) is 6.60. The van der Waals surface area contributed by atoms with E-state index in [0.29, 0.717) is 23.9 Å². The van der Waals surface area contributed by atoms with Crippen molar-refractivity contribution in [2.45, 2.75) is 0 Å². The summed E-state index contributed by atoms with van der Waals surface area (Å²) in [5, 5.41) is 7.22. The van der Waals surface area contributed by atoms with Crippen molar-refractivity contribution in [3.63, 3.8) is 0 Å². The number of fused-ring (bicyclic) bond motifs is 1. The highest BCUT2D eigenvalue weighted by Crippen LogP contribution is 2.13. The molecule has 0 aliphatic rings. The van der Waals surface area contributed by atoms with Gasteiger partial charge in [-0.25, -0.2) is 9.48 Å². The number of carbonyl (C=O) groups excluding carboxylic acids is 2. The summed E-state index contributed by atoms with van der Waals surface area (Å²) in [5.74, 6) is -1.21. The number of esters is 1. The van der Waals surface area contributed by atoms with E-state index in [9.17, 15) is 14.4 Å². The molecular weight excluding hydrogens is 302 g/mol. The molecule has 0 aliphatic carbocycles. The molecule has 0 saturated carbocycles. The summed E-state index contributed by atoms with van der Waals surface area (Å²) >= 11 is 0. The van der Waals surface area contributed by atoms with Crippen LogP contribution in [0.1, 0.15) is 10.5 Å². The Morgan fingerprint density at radius 1 is 1.26 bits per heavy atom. The molecule has 0 bridgehead atoms. The molecule has 0 radical (unpaired) electrons. The Hall–Kier alpha value is -2.74. The molecule has 8 heteroatoms. The Kier molecular flexibility index (Phi) is 5.42. The van der Waals surface area contributed by atoms with E-state index in [0.717, 1.165) is 4.68 Å². The lowest BCUT2D eigenvalue weighted by atomic mass is 10.1. The monoisotopic (exact) mass is 319 g/mol. The fraction of sp³-hybridized carbons (Fsp3) is 0.333. The number of rotatable bonds is 6. The van der Waals surface area contributed by atoms with E-state index >= 15 is 0 Å². The Morgan fingerprint density at radius 2 is 1.96 bits per heavy atom. The maximum atomic E-state index is 12.2. The largest absolute Gasteiger partial charge is 0.451 e. The molecule has 2 aromatic rings. The van der Waals surface area contributed by atoms with Gasteiger partial charge in [0.15, 0.2) is 12.3 Å². The van der Waals surface area contributed by atoms with Gasteiger partial charge in [-0.05, 0) is 6.07 Å². The second kappa shape index (κ2) is 7.50. The summed E-state index contributed by atoms with van der Waals surface area (Å²) in [5.41, 5.74) is -0.318. The fourth-order valence-electron chi connectivity index (χ4n) is 1.99. The van der Waals surface area contributed by atoms with Crippen molar-refractivity contribution in [3.8, 4) is 0 Å². The standard InChI is InChI=1S/C15H17N3O5/c1-18-14(20)11-6-4-3-5-10(11)13(17-18)15(21)23-9-12(19)16-7-8-22-2/h3-6H,7-9H2,1-2H3,(H,16,19). The van der Waals surface area contributed by atoms with Crippen LogP contribution in [0.5, 0.6) is 0 Å². The Labute approximate surface area is 132 Å². The molecule has 1 aromatic heterocycles. The lowest BCUT2D eigenvalue weighted by Crippen LogP contribution is -2.32. The summed E-state index contributed by atoms with van der Waals surface area (Å²) in [6.45, 7) is 0.266. The summed E-state index contributed by atoms with van der Waals surface area (Å²) in [6.07, 6.45) is 0. The van der Waals surface area contributed by atoms with Gasteiger partial charge in [0.2, 0.25) is 0 Å². The third-order valence-corrected chi connectivity index (χ3v) is 3.11. The highest BCUT2D eigenvalue weighted by atomic mass is 16.5. The number of benzene rings is 1. The van der Waals surface area contributed by atoms with E-state index in [1.54, 1.807) is 24.3 Å². The average Bonchev–Trinajstić information content (AvgIpc) is 2.56. The minimum absolute atomic E-state index is 0.00704. The normalized spacial score (nSPS) is 10.5. The number of ether oxygens (including phenoxy) is 2. The SMILES string of the molecule is COCCNC(=O)COC(=O)c1nn(C)c(=O)c2ccccc12. The smallest absolute Gasteiger partial charge is 0.359 e. The number of nitrogens with zero attached hydrogens (tertiary/aromatic N) is 2. The van der Waals surface area contributed by atoms with Crippen molar-refractivity contribution in [1.82, 2.24) is 15.1 Å². The van der Waals surface area contributed by atoms with E-state index in [2.05, 4.69) is 10.4 Å². The number of carbonyl (C=O) groups is 2. The second-order valence-corrected chi connectivity index (χ2v) is 4.74. The van der Waals surface area contributed by atoms with Crippen LogP contribution in [-0.2, 0) is 21.3 Å². The van der Waals surface area contributed by atoms with Gasteiger partial charge in [0, 0.05) is 26.1 Å². The minimum atomic E-state index is -0.765. The summed E-state index contributed by atoms with van der Waals surface area (Å²) in [7, 11) is 2.96. The van der Waals surface area contributed by atoms with Gasteiger partial charge in [0.1, 0.15) is 0 Å². The van der Waals surface area contributed by atoms with Crippen molar-refractivity contribution < 1.29 is 19.1 Å². The molecule has 0 aliphatic heterocycles. The van der Waals surface area contributed by atoms with Crippen LogP contribution in [0.4, 0.5) is 0 Å². The van der Waals surface area contributed by atoms with Gasteiger partial charge in [-0.3, -0.25) is 9.59 Å². The molecule has 1 aromatic carbocycles.